The number of halogens is 1. The predicted octanol–water partition coefficient (Wildman–Crippen LogP) is 1.30. The lowest BCUT2D eigenvalue weighted by atomic mass is 10.1. The van der Waals surface area contributed by atoms with Crippen molar-refractivity contribution >= 4 is 35.8 Å². The molecule has 0 spiro atoms. The normalized spacial score (nSPS) is 19.2. The van der Waals surface area contributed by atoms with Crippen LogP contribution in [0.3, 0.4) is 0 Å². The van der Waals surface area contributed by atoms with Gasteiger partial charge >= 0.3 is 0 Å². The molecule has 29 heavy (non-hydrogen) atoms. The second-order valence-corrected chi connectivity index (χ2v) is 7.76. The van der Waals surface area contributed by atoms with Crippen LogP contribution >= 0.6 is 24.0 Å². The van der Waals surface area contributed by atoms with E-state index in [0.717, 1.165) is 84.3 Å². The molecule has 9 heteroatoms. The number of guanidine groups is 1. The molecular formula is C20H40IN5O3. The number of rotatable bonds is 9. The molecule has 0 aromatic rings. The summed E-state index contributed by atoms with van der Waals surface area (Å²) in [5.74, 6) is 1.08. The van der Waals surface area contributed by atoms with Gasteiger partial charge in [-0.1, -0.05) is 0 Å². The second kappa shape index (κ2) is 15.2. The number of nitrogens with one attached hydrogen (secondary N) is 2. The molecule has 0 radical (unpaired) electrons. The molecule has 170 valence electrons. The van der Waals surface area contributed by atoms with Gasteiger partial charge in [-0.15, -0.1) is 24.0 Å². The van der Waals surface area contributed by atoms with E-state index < -0.39 is 0 Å². The van der Waals surface area contributed by atoms with Gasteiger partial charge in [-0.25, -0.2) is 0 Å². The molecule has 0 bridgehead atoms. The maximum atomic E-state index is 11.9. The van der Waals surface area contributed by atoms with Crippen LogP contribution in [0.4, 0.5) is 0 Å². The van der Waals surface area contributed by atoms with Crippen LogP contribution in [0.25, 0.3) is 0 Å². The molecule has 0 aromatic carbocycles. The lowest BCUT2D eigenvalue weighted by molar-refractivity contribution is -0.123. The zero-order chi connectivity index (χ0) is 20.2. The third kappa shape index (κ3) is 10.8. The molecule has 2 aliphatic heterocycles. The topological polar surface area (TPSA) is 78.4 Å². The van der Waals surface area contributed by atoms with Crippen molar-refractivity contribution in [3.05, 3.63) is 0 Å². The first-order valence-electron chi connectivity index (χ1n) is 10.8. The molecule has 2 fully saturated rings. The quantitative estimate of drug-likeness (QED) is 0.205. The fraction of sp³-hybridized carbons (Fsp3) is 0.900. The Morgan fingerprint density at radius 3 is 2.52 bits per heavy atom. The predicted molar refractivity (Wildman–Crippen MR) is 127 cm³/mol. The molecule has 2 N–H and O–H groups in total. The summed E-state index contributed by atoms with van der Waals surface area (Å²) in [6.45, 7) is 14.1. The Labute approximate surface area is 193 Å². The van der Waals surface area contributed by atoms with Crippen molar-refractivity contribution in [2.24, 2.45) is 4.99 Å². The van der Waals surface area contributed by atoms with Crippen LogP contribution in [0.2, 0.25) is 0 Å². The van der Waals surface area contributed by atoms with E-state index in [9.17, 15) is 4.79 Å². The maximum absolute atomic E-state index is 11.9. The number of hydrogen-bond donors (Lipinski definition) is 2. The summed E-state index contributed by atoms with van der Waals surface area (Å²) < 4.78 is 11.3. The molecule has 0 aliphatic carbocycles. The van der Waals surface area contributed by atoms with Gasteiger partial charge in [0.25, 0.3) is 0 Å². The van der Waals surface area contributed by atoms with Gasteiger partial charge < -0.3 is 25.0 Å². The van der Waals surface area contributed by atoms with Gasteiger partial charge in [-0.3, -0.25) is 14.7 Å². The van der Waals surface area contributed by atoms with E-state index in [0.29, 0.717) is 12.6 Å². The monoisotopic (exact) mass is 525 g/mol. The molecule has 1 amide bonds. The fourth-order valence-electron chi connectivity index (χ4n) is 3.46. The first-order valence-corrected chi connectivity index (χ1v) is 10.8. The highest BCUT2D eigenvalue weighted by Gasteiger charge is 2.21. The Bertz CT molecular complexity index is 479. The number of ether oxygens (including phenoxy) is 2. The van der Waals surface area contributed by atoms with Gasteiger partial charge in [0.15, 0.2) is 5.96 Å². The third-order valence-electron chi connectivity index (χ3n) is 4.91. The highest BCUT2D eigenvalue weighted by molar-refractivity contribution is 14.0. The minimum atomic E-state index is 0. The Kier molecular flexibility index (Phi) is 13.8. The zero-order valence-electron chi connectivity index (χ0n) is 18.3. The Morgan fingerprint density at radius 2 is 1.90 bits per heavy atom. The molecule has 0 atom stereocenters. The van der Waals surface area contributed by atoms with Gasteiger partial charge in [0.05, 0.1) is 12.6 Å². The molecular weight excluding hydrogens is 485 g/mol. The highest BCUT2D eigenvalue weighted by atomic mass is 127. The zero-order valence-corrected chi connectivity index (χ0v) is 20.7. The first kappa shape index (κ1) is 26.4. The van der Waals surface area contributed by atoms with E-state index in [4.69, 9.17) is 14.5 Å². The van der Waals surface area contributed by atoms with Crippen LogP contribution in [0.15, 0.2) is 4.99 Å². The van der Waals surface area contributed by atoms with Gasteiger partial charge in [0.2, 0.25) is 5.91 Å². The Balaban J connectivity index is 0.00000420. The van der Waals surface area contributed by atoms with Gasteiger partial charge in [-0.2, -0.15) is 0 Å². The smallest absolute Gasteiger partial charge is 0.234 e. The number of aliphatic imine (C=N–C) groups is 1. The molecule has 2 saturated heterocycles. The van der Waals surface area contributed by atoms with Crippen molar-refractivity contribution in [3.8, 4) is 0 Å². The lowest BCUT2D eigenvalue weighted by Crippen LogP contribution is -2.54. The van der Waals surface area contributed by atoms with Crippen molar-refractivity contribution < 1.29 is 14.3 Å². The van der Waals surface area contributed by atoms with E-state index >= 15 is 0 Å². The van der Waals surface area contributed by atoms with Gasteiger partial charge in [0, 0.05) is 65.1 Å². The number of amides is 1. The van der Waals surface area contributed by atoms with Crippen molar-refractivity contribution in [2.45, 2.75) is 52.2 Å². The number of hydrogen-bond acceptors (Lipinski definition) is 5. The molecule has 2 rings (SSSR count). The summed E-state index contributed by atoms with van der Waals surface area (Å²) in [6.07, 6.45) is 3.30. The SMILES string of the molecule is CCNC(=NCCCOC1CCOCC1)N1CCN(CC(=O)NC(C)C)CC1.I. The van der Waals surface area contributed by atoms with E-state index in [1.165, 1.54) is 0 Å². The average Bonchev–Trinajstić information content (AvgIpc) is 2.68. The molecule has 2 aliphatic rings. The molecule has 0 aromatic heterocycles. The fourth-order valence-corrected chi connectivity index (χ4v) is 3.46. The van der Waals surface area contributed by atoms with E-state index in [1.54, 1.807) is 0 Å². The van der Waals surface area contributed by atoms with Crippen LogP contribution in [0, 0.1) is 0 Å². The van der Waals surface area contributed by atoms with Crippen molar-refractivity contribution in [3.63, 3.8) is 0 Å². The summed E-state index contributed by atoms with van der Waals surface area (Å²) in [5.41, 5.74) is 0. The van der Waals surface area contributed by atoms with Crippen molar-refractivity contribution in [2.75, 3.05) is 65.6 Å². The number of piperazine rings is 1. The maximum Gasteiger partial charge on any atom is 0.234 e. The second-order valence-electron chi connectivity index (χ2n) is 7.76. The number of nitrogens with zero attached hydrogens (tertiary/aromatic N) is 3. The molecule has 0 unspecified atom stereocenters. The summed E-state index contributed by atoms with van der Waals surface area (Å²) in [7, 11) is 0. The highest BCUT2D eigenvalue weighted by Crippen LogP contribution is 2.10. The Hall–Kier alpha value is -0.650. The van der Waals surface area contributed by atoms with Crippen molar-refractivity contribution in [1.82, 2.24) is 20.4 Å². The molecule has 8 nitrogen and oxygen atoms in total. The van der Waals surface area contributed by atoms with E-state index in [1.807, 2.05) is 13.8 Å². The number of carbonyl (C=O) groups is 1. The van der Waals surface area contributed by atoms with Crippen LogP contribution in [0.1, 0.15) is 40.0 Å². The van der Waals surface area contributed by atoms with Crippen LogP contribution < -0.4 is 10.6 Å². The summed E-state index contributed by atoms with van der Waals surface area (Å²) in [5, 5.41) is 6.35. The van der Waals surface area contributed by atoms with Crippen LogP contribution in [0.5, 0.6) is 0 Å². The number of carbonyl (C=O) groups excluding carboxylic acids is 1. The summed E-state index contributed by atoms with van der Waals surface area (Å²) >= 11 is 0. The minimum Gasteiger partial charge on any atom is -0.381 e. The molecule has 2 heterocycles. The standard InChI is InChI=1S/C20H39N5O3.HI/c1-4-21-20(22-8-5-13-28-18-6-14-27-15-7-18)25-11-9-24(10-12-25)16-19(26)23-17(2)3;/h17-18H,4-16H2,1-3H3,(H,21,22)(H,23,26);1H. The Morgan fingerprint density at radius 1 is 1.21 bits per heavy atom. The largest absolute Gasteiger partial charge is 0.381 e. The molecule has 0 saturated carbocycles. The lowest BCUT2D eigenvalue weighted by Gasteiger charge is -2.36. The van der Waals surface area contributed by atoms with Crippen molar-refractivity contribution in [1.29, 1.82) is 0 Å². The van der Waals surface area contributed by atoms with Crippen LogP contribution in [-0.4, -0.2) is 99.4 Å². The van der Waals surface area contributed by atoms with E-state index in [-0.39, 0.29) is 35.9 Å². The van der Waals surface area contributed by atoms with E-state index in [2.05, 4.69) is 27.4 Å². The summed E-state index contributed by atoms with van der Waals surface area (Å²) in [4.78, 5) is 21.2. The first-order chi connectivity index (χ1) is 13.6. The van der Waals surface area contributed by atoms with Gasteiger partial charge in [-0.05, 0) is 40.0 Å². The van der Waals surface area contributed by atoms with Crippen LogP contribution in [-0.2, 0) is 14.3 Å². The average molecular weight is 525 g/mol. The minimum absolute atomic E-state index is 0. The van der Waals surface area contributed by atoms with Gasteiger partial charge in [0.1, 0.15) is 0 Å². The summed E-state index contributed by atoms with van der Waals surface area (Å²) in [6, 6.07) is 0.191. The third-order valence-corrected chi connectivity index (χ3v) is 4.91.